The van der Waals surface area contributed by atoms with Crippen LogP contribution in [0, 0.1) is 0 Å². The fraction of sp³-hybridized carbons (Fsp3) is 0.238. The first-order valence-electron chi connectivity index (χ1n) is 8.78. The highest BCUT2D eigenvalue weighted by molar-refractivity contribution is 6.30. The van der Waals surface area contributed by atoms with Crippen LogP contribution in [0.2, 0.25) is 5.02 Å². The lowest BCUT2D eigenvalue weighted by molar-refractivity contribution is 0.443. The molecule has 0 fully saturated rings. The minimum atomic E-state index is -0.0601. The van der Waals surface area contributed by atoms with E-state index in [0.717, 1.165) is 46.8 Å². The predicted molar refractivity (Wildman–Crippen MR) is 106 cm³/mol. The van der Waals surface area contributed by atoms with E-state index in [4.69, 9.17) is 21.7 Å². The summed E-state index contributed by atoms with van der Waals surface area (Å²) in [6.07, 6.45) is 1.54. The van der Waals surface area contributed by atoms with Crippen LogP contribution in [0.3, 0.4) is 0 Å². The van der Waals surface area contributed by atoms with E-state index in [1.165, 1.54) is 0 Å². The van der Waals surface area contributed by atoms with E-state index in [-0.39, 0.29) is 6.04 Å². The third-order valence-electron chi connectivity index (χ3n) is 4.80. The lowest BCUT2D eigenvalue weighted by Gasteiger charge is -2.24. The molecule has 1 aliphatic rings. The number of para-hydroxylation sites is 1. The van der Waals surface area contributed by atoms with Gasteiger partial charge in [0.1, 0.15) is 5.75 Å². The summed E-state index contributed by atoms with van der Waals surface area (Å²) in [6.45, 7) is 4.13. The fourth-order valence-corrected chi connectivity index (χ4v) is 3.68. The van der Waals surface area contributed by atoms with Crippen LogP contribution in [0.1, 0.15) is 37.6 Å². The van der Waals surface area contributed by atoms with Gasteiger partial charge >= 0.3 is 0 Å². The largest absolute Gasteiger partial charge is 0.508 e. The van der Waals surface area contributed by atoms with Gasteiger partial charge in [-0.05, 0) is 37.1 Å². The van der Waals surface area contributed by atoms with Crippen molar-refractivity contribution < 1.29 is 5.11 Å². The number of phenolic OH excluding ortho intramolecular Hbond substituents is 1. The molecule has 5 heteroatoms. The van der Waals surface area contributed by atoms with Crippen molar-refractivity contribution in [1.82, 2.24) is 9.78 Å². The summed E-state index contributed by atoms with van der Waals surface area (Å²) in [6, 6.07) is 15.2. The average Bonchev–Trinajstić information content (AvgIpc) is 3.00. The van der Waals surface area contributed by atoms with E-state index < -0.39 is 0 Å². The first-order chi connectivity index (χ1) is 12.6. The molecule has 0 spiro atoms. The lowest BCUT2D eigenvalue weighted by atomic mass is 9.98. The van der Waals surface area contributed by atoms with Gasteiger partial charge in [0.05, 0.1) is 11.7 Å². The van der Waals surface area contributed by atoms with Crippen LogP contribution in [-0.4, -0.2) is 20.6 Å². The van der Waals surface area contributed by atoms with Crippen LogP contribution in [0.4, 0.5) is 5.82 Å². The van der Waals surface area contributed by atoms with Gasteiger partial charge in [0.25, 0.3) is 0 Å². The number of halogens is 1. The van der Waals surface area contributed by atoms with Crippen molar-refractivity contribution >= 4 is 23.1 Å². The molecule has 1 aliphatic heterocycles. The number of nitrogens with zero attached hydrogens (tertiary/aromatic N) is 3. The molecule has 0 amide bonds. The minimum absolute atomic E-state index is 0.0601. The zero-order chi connectivity index (χ0) is 18.3. The van der Waals surface area contributed by atoms with Gasteiger partial charge in [0.15, 0.2) is 5.82 Å². The number of aliphatic imine (C=N–C) groups is 1. The molecule has 4 rings (SSSR count). The molecule has 0 saturated carbocycles. The number of hydrogen-bond acceptors (Lipinski definition) is 3. The zero-order valence-corrected chi connectivity index (χ0v) is 15.5. The summed E-state index contributed by atoms with van der Waals surface area (Å²) in [7, 11) is 0. The SMILES string of the molecule is CCc1nn2c(c1-c1ccc(Cl)cc1)N=C(C)C[C@H]2c1ccccc1O. The Bertz CT molecular complexity index is 989. The number of fused-ring (bicyclic) bond motifs is 1. The van der Waals surface area contributed by atoms with Crippen LogP contribution < -0.4 is 0 Å². The molecule has 0 bridgehead atoms. The number of phenols is 1. The molecule has 0 saturated heterocycles. The first kappa shape index (κ1) is 16.9. The van der Waals surface area contributed by atoms with Gasteiger partial charge in [0.2, 0.25) is 0 Å². The van der Waals surface area contributed by atoms with Crippen LogP contribution in [0.25, 0.3) is 11.1 Å². The van der Waals surface area contributed by atoms with Crippen molar-refractivity contribution in [3.63, 3.8) is 0 Å². The van der Waals surface area contributed by atoms with Gasteiger partial charge in [-0.2, -0.15) is 5.10 Å². The summed E-state index contributed by atoms with van der Waals surface area (Å²) in [4.78, 5) is 4.82. The Morgan fingerprint density at radius 3 is 2.58 bits per heavy atom. The number of aromatic nitrogens is 2. The third-order valence-corrected chi connectivity index (χ3v) is 5.05. The number of hydrogen-bond donors (Lipinski definition) is 1. The number of aromatic hydroxyl groups is 1. The Kier molecular flexibility index (Phi) is 4.29. The molecule has 1 atom stereocenters. The average molecular weight is 366 g/mol. The van der Waals surface area contributed by atoms with Crippen molar-refractivity contribution in [3.8, 4) is 16.9 Å². The van der Waals surface area contributed by atoms with Gasteiger partial charge in [-0.1, -0.05) is 48.9 Å². The van der Waals surface area contributed by atoms with Crippen LogP contribution >= 0.6 is 11.6 Å². The van der Waals surface area contributed by atoms with E-state index in [0.29, 0.717) is 10.8 Å². The van der Waals surface area contributed by atoms with Gasteiger partial charge in [-0.25, -0.2) is 9.67 Å². The maximum atomic E-state index is 10.4. The van der Waals surface area contributed by atoms with Gasteiger partial charge in [-0.15, -0.1) is 0 Å². The Labute approximate surface area is 157 Å². The van der Waals surface area contributed by atoms with E-state index in [9.17, 15) is 5.11 Å². The molecule has 2 heterocycles. The highest BCUT2D eigenvalue weighted by Crippen LogP contribution is 2.42. The molecule has 1 N–H and O–H groups in total. The third kappa shape index (κ3) is 2.80. The predicted octanol–water partition coefficient (Wildman–Crippen LogP) is 5.56. The Balaban J connectivity index is 1.93. The normalized spacial score (nSPS) is 16.3. The summed E-state index contributed by atoms with van der Waals surface area (Å²) in [5.74, 6) is 1.14. The Morgan fingerprint density at radius 1 is 1.15 bits per heavy atom. The molecule has 4 nitrogen and oxygen atoms in total. The molecule has 132 valence electrons. The summed E-state index contributed by atoms with van der Waals surface area (Å²) in [5, 5.41) is 15.9. The van der Waals surface area contributed by atoms with E-state index in [1.54, 1.807) is 6.07 Å². The van der Waals surface area contributed by atoms with Crippen molar-refractivity contribution in [3.05, 3.63) is 64.8 Å². The Morgan fingerprint density at radius 2 is 1.88 bits per heavy atom. The molecule has 0 aliphatic carbocycles. The highest BCUT2D eigenvalue weighted by atomic mass is 35.5. The second-order valence-corrected chi connectivity index (χ2v) is 7.01. The van der Waals surface area contributed by atoms with Crippen LogP contribution in [0.5, 0.6) is 5.75 Å². The summed E-state index contributed by atoms with van der Waals surface area (Å²) < 4.78 is 1.96. The molecular formula is C21H20ClN3O. The molecule has 26 heavy (non-hydrogen) atoms. The van der Waals surface area contributed by atoms with E-state index in [2.05, 4.69) is 6.92 Å². The minimum Gasteiger partial charge on any atom is -0.508 e. The first-order valence-corrected chi connectivity index (χ1v) is 9.15. The quantitative estimate of drug-likeness (QED) is 0.660. The molecular weight excluding hydrogens is 346 g/mol. The molecule has 1 aromatic heterocycles. The molecule has 3 aromatic rings. The zero-order valence-electron chi connectivity index (χ0n) is 14.8. The second kappa shape index (κ2) is 6.61. The van der Waals surface area contributed by atoms with E-state index >= 15 is 0 Å². The summed E-state index contributed by atoms with van der Waals surface area (Å²) >= 11 is 6.06. The van der Waals surface area contributed by atoms with Crippen molar-refractivity contribution in [2.45, 2.75) is 32.7 Å². The van der Waals surface area contributed by atoms with Gasteiger partial charge in [0, 0.05) is 28.3 Å². The van der Waals surface area contributed by atoms with Crippen LogP contribution in [-0.2, 0) is 6.42 Å². The number of rotatable bonds is 3. The molecule has 0 radical (unpaired) electrons. The van der Waals surface area contributed by atoms with E-state index in [1.807, 2.05) is 54.1 Å². The summed E-state index contributed by atoms with van der Waals surface area (Å²) in [5.41, 5.74) is 5.01. The Hall–Kier alpha value is -2.59. The monoisotopic (exact) mass is 365 g/mol. The smallest absolute Gasteiger partial charge is 0.159 e. The fourth-order valence-electron chi connectivity index (χ4n) is 3.56. The van der Waals surface area contributed by atoms with Crippen molar-refractivity contribution in [2.24, 2.45) is 4.99 Å². The maximum absolute atomic E-state index is 10.4. The standard InChI is InChI=1S/C21H20ClN3O/c1-3-17-20(14-8-10-15(22)11-9-14)21-23-13(2)12-18(25(21)24-17)16-6-4-5-7-19(16)26/h4-11,18,26H,3,12H2,1-2H3/t18-/m0/s1. The molecule has 0 unspecified atom stereocenters. The second-order valence-electron chi connectivity index (χ2n) is 6.58. The number of benzene rings is 2. The van der Waals surface area contributed by atoms with Crippen LogP contribution in [0.15, 0.2) is 53.5 Å². The van der Waals surface area contributed by atoms with Crippen molar-refractivity contribution in [1.29, 1.82) is 0 Å². The van der Waals surface area contributed by atoms with Crippen molar-refractivity contribution in [2.75, 3.05) is 0 Å². The molecule has 2 aromatic carbocycles. The van der Waals surface area contributed by atoms with Gasteiger partial charge in [-0.3, -0.25) is 0 Å². The lowest BCUT2D eigenvalue weighted by Crippen LogP contribution is -2.19. The maximum Gasteiger partial charge on any atom is 0.159 e. The topological polar surface area (TPSA) is 50.4 Å². The highest BCUT2D eigenvalue weighted by Gasteiger charge is 2.29. The number of aryl methyl sites for hydroxylation is 1. The van der Waals surface area contributed by atoms with Gasteiger partial charge < -0.3 is 5.11 Å².